The monoisotopic (exact) mass is 1070 g/mol. The van der Waals surface area contributed by atoms with Gasteiger partial charge in [-0.2, -0.15) is 0 Å². The second-order valence-electron chi connectivity index (χ2n) is 37.1. The number of nitrogens with zero attached hydrogens (tertiary/aromatic N) is 5. The lowest BCUT2D eigenvalue weighted by Gasteiger charge is -2.50. The standard InChI is InChI=1S/C16H31N.C14H27NO2.C14H27N.C13H27N.C12H25N/c1-14(2,3)13-11-16(9-7-8-10-16)12-17(13)15(4,5)6;1-12(2,3)11-9-14(16-7-8-17-14)10-15(11)13(4,5)6;1-12(2,3)11-9-14(7-8-14)10-15(11)13(4,5)6;1-12(2,3)11-9-7-8-10-14(11)13(4,5)6;1-11(2,3)10-8-7-9-13(10)12(4,5)6/h13H,7-12H2,1-6H3;11H,7-10H2,1-6H3;11H,7-10H2,1-6H3;11H,7-10H2,1-6H3;10H,7-9H2,1-6H3. The highest BCUT2D eigenvalue weighted by molar-refractivity contribution is 5.10. The fraction of sp³-hybridized carbons (Fsp3) is 1.00. The van der Waals surface area contributed by atoms with E-state index in [0.29, 0.717) is 55.3 Å². The molecule has 7 nitrogen and oxygen atoms in total. The van der Waals surface area contributed by atoms with Gasteiger partial charge in [-0.25, -0.2) is 0 Å². The maximum absolute atomic E-state index is 5.89. The fourth-order valence-electron chi connectivity index (χ4n) is 15.2. The molecule has 2 aliphatic carbocycles. The summed E-state index contributed by atoms with van der Waals surface area (Å²) >= 11 is 0. The third kappa shape index (κ3) is 18.4. The molecule has 8 aliphatic rings. The summed E-state index contributed by atoms with van der Waals surface area (Å²) < 4.78 is 11.8. The van der Waals surface area contributed by atoms with E-state index < -0.39 is 0 Å². The number of hydrogen-bond donors (Lipinski definition) is 0. The summed E-state index contributed by atoms with van der Waals surface area (Å²) in [5.74, 6) is -0.328. The maximum atomic E-state index is 5.89. The van der Waals surface area contributed by atoms with Crippen molar-refractivity contribution in [2.45, 2.75) is 361 Å². The van der Waals surface area contributed by atoms with Crippen molar-refractivity contribution < 1.29 is 9.47 Å². The number of likely N-dealkylation sites (tertiary alicyclic amines) is 5. The lowest BCUT2D eigenvalue weighted by molar-refractivity contribution is -0.148. The van der Waals surface area contributed by atoms with Crippen molar-refractivity contribution in [1.29, 1.82) is 0 Å². The Bertz CT molecular complexity index is 1590. The average molecular weight is 1070 g/mol. The van der Waals surface area contributed by atoms with Crippen LogP contribution in [-0.4, -0.2) is 134 Å². The molecule has 8 fully saturated rings. The molecule has 3 spiro atoms. The van der Waals surface area contributed by atoms with E-state index in [4.69, 9.17) is 9.47 Å². The van der Waals surface area contributed by atoms with Crippen molar-refractivity contribution in [1.82, 2.24) is 24.5 Å². The first-order valence-electron chi connectivity index (χ1n) is 32.0. The van der Waals surface area contributed by atoms with Crippen molar-refractivity contribution in [3.8, 4) is 0 Å². The first-order chi connectivity index (χ1) is 33.9. The Morgan fingerprint density at radius 1 is 0.289 bits per heavy atom. The van der Waals surface area contributed by atoms with Gasteiger partial charge in [0.05, 0.1) is 19.8 Å². The minimum absolute atomic E-state index is 0.163. The Kier molecular flexibility index (Phi) is 21.3. The molecule has 0 aromatic rings. The van der Waals surface area contributed by atoms with Crippen molar-refractivity contribution in [3.05, 3.63) is 0 Å². The summed E-state index contributed by atoms with van der Waals surface area (Å²) in [4.78, 5) is 13.5. The van der Waals surface area contributed by atoms with E-state index in [9.17, 15) is 0 Å². The molecule has 0 N–H and O–H groups in total. The second kappa shape index (κ2) is 23.8. The number of piperidine rings is 1. The summed E-state index contributed by atoms with van der Waals surface area (Å²) in [7, 11) is 0. The Balaban J connectivity index is 0.000000206. The van der Waals surface area contributed by atoms with Crippen LogP contribution in [0.25, 0.3) is 0 Å². The van der Waals surface area contributed by atoms with E-state index in [1.165, 1.54) is 110 Å². The van der Waals surface area contributed by atoms with Crippen LogP contribution in [0.5, 0.6) is 0 Å². The molecule has 0 aromatic carbocycles. The molecule has 5 unspecified atom stereocenters. The third-order valence-electron chi connectivity index (χ3n) is 19.8. The molecular weight excluding hydrogens is 931 g/mol. The van der Waals surface area contributed by atoms with Gasteiger partial charge in [0, 0.05) is 77.4 Å². The van der Waals surface area contributed by atoms with Crippen molar-refractivity contribution >= 4 is 0 Å². The molecule has 76 heavy (non-hydrogen) atoms. The van der Waals surface area contributed by atoms with Gasteiger partial charge in [-0.3, -0.25) is 24.5 Å². The smallest absolute Gasteiger partial charge is 0.182 e. The zero-order valence-corrected chi connectivity index (χ0v) is 57.3. The van der Waals surface area contributed by atoms with Crippen LogP contribution in [0, 0.1) is 37.9 Å². The molecule has 0 aromatic heterocycles. The van der Waals surface area contributed by atoms with Gasteiger partial charge in [0.25, 0.3) is 0 Å². The topological polar surface area (TPSA) is 34.7 Å². The largest absolute Gasteiger partial charge is 0.346 e. The average Bonchev–Trinajstić information content (AvgIpc) is 3.96. The van der Waals surface area contributed by atoms with E-state index in [1.54, 1.807) is 0 Å². The Morgan fingerprint density at radius 3 is 0.855 bits per heavy atom. The predicted octanol–water partition coefficient (Wildman–Crippen LogP) is 17.8. The summed E-state index contributed by atoms with van der Waals surface area (Å²) in [6.07, 6.45) is 19.6. The van der Waals surface area contributed by atoms with Gasteiger partial charge in [-0.05, 0) is 219 Å². The first kappa shape index (κ1) is 68.2. The van der Waals surface area contributed by atoms with Crippen molar-refractivity contribution in [3.63, 3.8) is 0 Å². The summed E-state index contributed by atoms with van der Waals surface area (Å²) in [6.45, 7) is 78.4. The van der Waals surface area contributed by atoms with Gasteiger partial charge in [0.2, 0.25) is 0 Å². The number of ether oxygens (including phenoxy) is 2. The quantitative estimate of drug-likeness (QED) is 0.239. The molecule has 450 valence electrons. The molecule has 2 saturated carbocycles. The van der Waals surface area contributed by atoms with E-state index in [2.05, 4.69) is 232 Å². The van der Waals surface area contributed by atoms with Crippen LogP contribution < -0.4 is 0 Å². The predicted molar refractivity (Wildman–Crippen MR) is 333 cm³/mol. The van der Waals surface area contributed by atoms with E-state index in [1.807, 2.05) is 0 Å². The highest BCUT2D eigenvalue weighted by Crippen LogP contribution is 2.59. The fourth-order valence-corrected chi connectivity index (χ4v) is 15.2. The summed E-state index contributed by atoms with van der Waals surface area (Å²) in [6, 6.07) is 3.59. The molecule has 0 bridgehead atoms. The normalized spacial score (nSPS) is 29.2. The van der Waals surface area contributed by atoms with Crippen LogP contribution >= 0.6 is 0 Å². The lowest BCUT2D eigenvalue weighted by Crippen LogP contribution is -2.55. The Labute approximate surface area is 477 Å². The summed E-state index contributed by atoms with van der Waals surface area (Å²) in [5.41, 5.74) is 4.86. The van der Waals surface area contributed by atoms with E-state index in [0.717, 1.165) is 55.8 Å². The molecule has 0 amide bonds. The van der Waals surface area contributed by atoms with Crippen molar-refractivity contribution in [2.24, 2.45) is 37.9 Å². The SMILES string of the molecule is CC(C)(C)C1CC2(CC2)CN1C(C)(C)C.CC(C)(C)C1CC2(CCCC2)CN1C(C)(C)C.CC(C)(C)C1CC2(CN1C(C)(C)C)OCCO2.CC(C)(C)C1CCCCN1C(C)(C)C.CC(C)(C)C1CCCN1C(C)(C)C. The molecule has 8 rings (SSSR count). The molecular formula is C69H137N5O2. The van der Waals surface area contributed by atoms with Gasteiger partial charge in [-0.15, -0.1) is 0 Å². The summed E-state index contributed by atoms with van der Waals surface area (Å²) in [5, 5.41) is 0. The van der Waals surface area contributed by atoms with Crippen LogP contribution in [-0.2, 0) is 9.47 Å². The van der Waals surface area contributed by atoms with Crippen LogP contribution in [0.4, 0.5) is 0 Å². The van der Waals surface area contributed by atoms with Crippen LogP contribution in [0.1, 0.15) is 298 Å². The molecule has 6 saturated heterocycles. The zero-order chi connectivity index (χ0) is 58.5. The van der Waals surface area contributed by atoms with Crippen LogP contribution in [0.15, 0.2) is 0 Å². The van der Waals surface area contributed by atoms with Crippen molar-refractivity contribution in [2.75, 3.05) is 45.9 Å². The highest BCUT2D eigenvalue weighted by atomic mass is 16.7. The van der Waals surface area contributed by atoms with Gasteiger partial charge in [0.1, 0.15) is 0 Å². The van der Waals surface area contributed by atoms with Crippen LogP contribution in [0.3, 0.4) is 0 Å². The maximum Gasteiger partial charge on any atom is 0.182 e. The Hall–Kier alpha value is -0.280. The van der Waals surface area contributed by atoms with Gasteiger partial charge in [0.15, 0.2) is 5.79 Å². The molecule has 0 radical (unpaired) electrons. The van der Waals surface area contributed by atoms with E-state index >= 15 is 0 Å². The van der Waals surface area contributed by atoms with Crippen LogP contribution in [0.2, 0.25) is 0 Å². The van der Waals surface area contributed by atoms with Gasteiger partial charge < -0.3 is 9.47 Å². The minimum atomic E-state index is -0.328. The molecule has 7 heteroatoms. The number of rotatable bonds is 0. The first-order valence-corrected chi connectivity index (χ1v) is 32.0. The zero-order valence-electron chi connectivity index (χ0n) is 57.3. The third-order valence-corrected chi connectivity index (χ3v) is 19.8. The second-order valence-corrected chi connectivity index (χ2v) is 37.1. The molecule has 5 atom stereocenters. The number of hydrogen-bond acceptors (Lipinski definition) is 7. The Morgan fingerprint density at radius 2 is 0.579 bits per heavy atom. The lowest BCUT2D eigenvalue weighted by atomic mass is 9.77. The van der Waals surface area contributed by atoms with E-state index in [-0.39, 0.29) is 16.7 Å². The highest BCUT2D eigenvalue weighted by Gasteiger charge is 2.57. The van der Waals surface area contributed by atoms with Gasteiger partial charge >= 0.3 is 0 Å². The minimum Gasteiger partial charge on any atom is -0.346 e. The van der Waals surface area contributed by atoms with Gasteiger partial charge in [-0.1, -0.05) is 123 Å². The molecule has 6 aliphatic heterocycles. The molecule has 6 heterocycles.